The largest absolute Gasteiger partial charge is 0.480 e. The number of aliphatic carboxylic acids is 1. The number of carboxylic acid groups (broad SMARTS) is 1. The van der Waals surface area contributed by atoms with Crippen LogP contribution in [0.15, 0.2) is 0 Å². The first kappa shape index (κ1) is 30.7. The number of carboxylic acids is 1. The molecule has 0 saturated carbocycles. The molecule has 0 bridgehead atoms. The van der Waals surface area contributed by atoms with Crippen LogP contribution in [0.4, 0.5) is 0 Å². The standard InChI is InChI=1S/C21H39N5O6S/c1-6-12(4)17(21(31)32)26-19(29)14(9-10-33-5)24-20(30)16(11(2)3)25-18(28)13(22)7-8-15(23)27/h11-14,16-17H,6-10,22H2,1-5H3,(H2,23,27)(H,24,30)(H,25,28)(H,26,29)(H,31,32). The third-order valence-corrected chi connectivity index (χ3v) is 5.95. The Hall–Kier alpha value is -2.34. The Bertz CT molecular complexity index is 690. The normalized spacial score (nSPS) is 15.6. The van der Waals surface area contributed by atoms with Crippen molar-refractivity contribution in [2.45, 2.75) is 77.5 Å². The average molecular weight is 490 g/mol. The first-order valence-corrected chi connectivity index (χ1v) is 12.4. The van der Waals surface area contributed by atoms with Gasteiger partial charge in [-0.05, 0) is 36.7 Å². The maximum Gasteiger partial charge on any atom is 0.326 e. The van der Waals surface area contributed by atoms with Crippen LogP contribution in [0, 0.1) is 11.8 Å². The Labute approximate surface area is 199 Å². The Morgan fingerprint density at radius 3 is 1.94 bits per heavy atom. The molecule has 190 valence electrons. The van der Waals surface area contributed by atoms with Crippen LogP contribution in [-0.4, -0.2) is 70.9 Å². The van der Waals surface area contributed by atoms with Gasteiger partial charge >= 0.3 is 5.97 Å². The van der Waals surface area contributed by atoms with Gasteiger partial charge in [-0.1, -0.05) is 34.1 Å². The number of amides is 4. The fourth-order valence-corrected chi connectivity index (χ4v) is 3.40. The second kappa shape index (κ2) is 15.5. The second-order valence-corrected chi connectivity index (χ2v) is 9.38. The van der Waals surface area contributed by atoms with Crippen molar-refractivity contribution >= 4 is 41.4 Å². The fraction of sp³-hybridized carbons (Fsp3) is 0.762. The number of rotatable bonds is 16. The molecule has 11 nitrogen and oxygen atoms in total. The van der Waals surface area contributed by atoms with Gasteiger partial charge in [-0.15, -0.1) is 0 Å². The van der Waals surface area contributed by atoms with Gasteiger partial charge in [-0.2, -0.15) is 11.8 Å². The van der Waals surface area contributed by atoms with Crippen molar-refractivity contribution < 1.29 is 29.1 Å². The third kappa shape index (κ3) is 11.4. The highest BCUT2D eigenvalue weighted by Gasteiger charge is 2.32. The number of thioether (sulfide) groups is 1. The molecule has 0 aliphatic heterocycles. The van der Waals surface area contributed by atoms with E-state index in [-0.39, 0.29) is 31.1 Å². The summed E-state index contributed by atoms with van der Waals surface area (Å²) in [7, 11) is 0. The van der Waals surface area contributed by atoms with Gasteiger partial charge in [-0.3, -0.25) is 19.2 Å². The van der Waals surface area contributed by atoms with Crippen LogP contribution < -0.4 is 27.4 Å². The van der Waals surface area contributed by atoms with Crippen molar-refractivity contribution in [1.82, 2.24) is 16.0 Å². The Morgan fingerprint density at radius 2 is 1.48 bits per heavy atom. The van der Waals surface area contributed by atoms with E-state index in [0.29, 0.717) is 12.2 Å². The van der Waals surface area contributed by atoms with E-state index in [1.54, 1.807) is 20.8 Å². The quantitative estimate of drug-likeness (QED) is 0.168. The van der Waals surface area contributed by atoms with E-state index in [0.717, 1.165) is 0 Å². The number of primary amides is 1. The molecule has 0 aliphatic carbocycles. The van der Waals surface area contributed by atoms with Crippen molar-refractivity contribution in [2.24, 2.45) is 23.3 Å². The lowest BCUT2D eigenvalue weighted by molar-refractivity contribution is -0.144. The Morgan fingerprint density at radius 1 is 0.909 bits per heavy atom. The number of nitrogens with two attached hydrogens (primary N) is 2. The highest BCUT2D eigenvalue weighted by Crippen LogP contribution is 2.11. The predicted molar refractivity (Wildman–Crippen MR) is 127 cm³/mol. The molecule has 0 aromatic carbocycles. The van der Waals surface area contributed by atoms with Crippen LogP contribution >= 0.6 is 11.8 Å². The molecule has 0 radical (unpaired) electrons. The highest BCUT2D eigenvalue weighted by atomic mass is 32.2. The van der Waals surface area contributed by atoms with Gasteiger partial charge in [-0.25, -0.2) is 4.79 Å². The van der Waals surface area contributed by atoms with Crippen molar-refractivity contribution in [2.75, 3.05) is 12.0 Å². The van der Waals surface area contributed by atoms with E-state index in [1.165, 1.54) is 11.8 Å². The summed E-state index contributed by atoms with van der Waals surface area (Å²) in [4.78, 5) is 60.7. The van der Waals surface area contributed by atoms with Crippen molar-refractivity contribution in [3.8, 4) is 0 Å². The molecule has 0 rings (SSSR count). The lowest BCUT2D eigenvalue weighted by Gasteiger charge is -2.27. The molecule has 0 fully saturated rings. The third-order valence-electron chi connectivity index (χ3n) is 5.31. The zero-order chi connectivity index (χ0) is 25.7. The Balaban J connectivity index is 5.40. The summed E-state index contributed by atoms with van der Waals surface area (Å²) in [5, 5.41) is 17.2. The molecule has 0 aromatic heterocycles. The topological polar surface area (TPSA) is 194 Å². The molecule has 12 heteroatoms. The molecule has 5 atom stereocenters. The highest BCUT2D eigenvalue weighted by molar-refractivity contribution is 7.98. The van der Waals surface area contributed by atoms with E-state index < -0.39 is 53.8 Å². The maximum atomic E-state index is 13.0. The number of carbonyl (C=O) groups is 5. The van der Waals surface area contributed by atoms with Crippen LogP contribution in [-0.2, 0) is 24.0 Å². The minimum atomic E-state index is -1.15. The smallest absolute Gasteiger partial charge is 0.326 e. The molecule has 8 N–H and O–H groups in total. The molecular weight excluding hydrogens is 450 g/mol. The van der Waals surface area contributed by atoms with Crippen LogP contribution in [0.25, 0.3) is 0 Å². The molecule has 0 spiro atoms. The van der Waals surface area contributed by atoms with E-state index in [9.17, 15) is 29.1 Å². The molecule has 4 amide bonds. The van der Waals surface area contributed by atoms with Gasteiger partial charge < -0.3 is 32.5 Å². The molecular formula is C21H39N5O6S. The number of hydrogen-bond acceptors (Lipinski definition) is 7. The molecule has 33 heavy (non-hydrogen) atoms. The molecule has 0 aromatic rings. The van der Waals surface area contributed by atoms with Gasteiger partial charge in [0.2, 0.25) is 23.6 Å². The van der Waals surface area contributed by atoms with Crippen molar-refractivity contribution in [3.63, 3.8) is 0 Å². The average Bonchev–Trinajstić information content (AvgIpc) is 2.75. The van der Waals surface area contributed by atoms with Gasteiger partial charge in [0.25, 0.3) is 0 Å². The predicted octanol–water partition coefficient (Wildman–Crippen LogP) is -0.427. The minimum absolute atomic E-state index is 0.0402. The summed E-state index contributed by atoms with van der Waals surface area (Å²) in [6, 6.07) is -4.06. The van der Waals surface area contributed by atoms with E-state index in [4.69, 9.17) is 11.5 Å². The molecule has 5 unspecified atom stereocenters. The van der Waals surface area contributed by atoms with Crippen molar-refractivity contribution in [3.05, 3.63) is 0 Å². The summed E-state index contributed by atoms with van der Waals surface area (Å²) in [6.07, 6.45) is 2.66. The first-order chi connectivity index (χ1) is 15.3. The fourth-order valence-electron chi connectivity index (χ4n) is 2.93. The Kier molecular flexibility index (Phi) is 14.4. The molecule has 0 heterocycles. The number of carbonyl (C=O) groups excluding carboxylic acids is 4. The minimum Gasteiger partial charge on any atom is -0.480 e. The number of hydrogen-bond donors (Lipinski definition) is 6. The van der Waals surface area contributed by atoms with Gasteiger partial charge in [0.15, 0.2) is 0 Å². The lowest BCUT2D eigenvalue weighted by atomic mass is 9.98. The zero-order valence-electron chi connectivity index (χ0n) is 20.1. The molecule has 0 saturated heterocycles. The first-order valence-electron chi connectivity index (χ1n) is 11.0. The van der Waals surface area contributed by atoms with E-state index >= 15 is 0 Å². The van der Waals surface area contributed by atoms with Gasteiger partial charge in [0, 0.05) is 6.42 Å². The monoisotopic (exact) mass is 489 g/mol. The van der Waals surface area contributed by atoms with Crippen LogP contribution in [0.1, 0.15) is 53.4 Å². The summed E-state index contributed by atoms with van der Waals surface area (Å²) in [5.41, 5.74) is 10.9. The summed E-state index contributed by atoms with van der Waals surface area (Å²) >= 11 is 1.48. The van der Waals surface area contributed by atoms with Crippen molar-refractivity contribution in [1.29, 1.82) is 0 Å². The van der Waals surface area contributed by atoms with Crippen LogP contribution in [0.5, 0.6) is 0 Å². The van der Waals surface area contributed by atoms with Crippen LogP contribution in [0.2, 0.25) is 0 Å². The summed E-state index contributed by atoms with van der Waals surface area (Å²) < 4.78 is 0. The number of nitrogens with one attached hydrogen (secondary N) is 3. The van der Waals surface area contributed by atoms with Gasteiger partial charge in [0.05, 0.1) is 6.04 Å². The van der Waals surface area contributed by atoms with E-state index in [2.05, 4.69) is 16.0 Å². The second-order valence-electron chi connectivity index (χ2n) is 8.39. The molecule has 0 aliphatic rings. The van der Waals surface area contributed by atoms with Crippen LogP contribution in [0.3, 0.4) is 0 Å². The lowest BCUT2D eigenvalue weighted by Crippen LogP contribution is -2.59. The maximum absolute atomic E-state index is 13.0. The SMILES string of the molecule is CCC(C)C(NC(=O)C(CCSC)NC(=O)C(NC(=O)C(N)CCC(N)=O)C(C)C)C(=O)O. The zero-order valence-corrected chi connectivity index (χ0v) is 20.9. The van der Waals surface area contributed by atoms with Gasteiger partial charge in [0.1, 0.15) is 18.1 Å². The summed E-state index contributed by atoms with van der Waals surface area (Å²) in [6.45, 7) is 6.99. The van der Waals surface area contributed by atoms with E-state index in [1.807, 2.05) is 13.2 Å². The summed E-state index contributed by atoms with van der Waals surface area (Å²) in [5.74, 6) is -3.61.